The van der Waals surface area contributed by atoms with E-state index in [9.17, 15) is 8.78 Å². The van der Waals surface area contributed by atoms with E-state index >= 15 is 0 Å². The van der Waals surface area contributed by atoms with Gasteiger partial charge in [0, 0.05) is 11.1 Å². The topological polar surface area (TPSA) is 12.5 Å². The number of allylic oxidation sites excluding steroid dienone is 1. The van der Waals surface area contributed by atoms with Crippen molar-refractivity contribution in [3.05, 3.63) is 77.0 Å². The number of likely N-dealkylation sites (tertiary alicyclic amines) is 1. The Morgan fingerprint density at radius 1 is 0.816 bits per heavy atom. The van der Waals surface area contributed by atoms with Gasteiger partial charge in [0.2, 0.25) is 5.82 Å². The summed E-state index contributed by atoms with van der Waals surface area (Å²) in [6.07, 6.45) is 12.2. The summed E-state index contributed by atoms with van der Waals surface area (Å²) >= 11 is 0. The molecule has 1 aliphatic carbocycles. The first-order chi connectivity index (χ1) is 18.1. The van der Waals surface area contributed by atoms with E-state index in [0.29, 0.717) is 24.0 Å². The average Bonchev–Trinajstić information content (AvgIpc) is 2.89. The lowest BCUT2D eigenvalue weighted by Crippen LogP contribution is -2.57. The van der Waals surface area contributed by atoms with Crippen LogP contribution in [0.25, 0.3) is 0 Å². The van der Waals surface area contributed by atoms with Gasteiger partial charge in [-0.2, -0.15) is 4.39 Å². The van der Waals surface area contributed by atoms with Gasteiger partial charge in [0.1, 0.15) is 0 Å². The summed E-state index contributed by atoms with van der Waals surface area (Å²) in [7, 11) is 0. The third-order valence-corrected chi connectivity index (χ3v) is 8.97. The third kappa shape index (κ3) is 6.10. The SMILES string of the molecule is C/C=C/N1C(C)(C)CC(c2ccc(C3CCC(c4ccc(OCCCC)c(F)c4F)CC3)cc2)CC1(C)C. The summed E-state index contributed by atoms with van der Waals surface area (Å²) in [5.41, 5.74) is 3.52. The summed E-state index contributed by atoms with van der Waals surface area (Å²) < 4.78 is 35.0. The number of unbranched alkanes of at least 4 members (excludes halogenated alkanes) is 1. The first kappa shape index (κ1) is 28.6. The van der Waals surface area contributed by atoms with Gasteiger partial charge in [0.05, 0.1) is 6.61 Å². The minimum Gasteiger partial charge on any atom is -0.490 e. The van der Waals surface area contributed by atoms with Crippen LogP contribution in [0.15, 0.2) is 48.7 Å². The molecule has 1 saturated carbocycles. The quantitative estimate of drug-likeness (QED) is 0.319. The van der Waals surface area contributed by atoms with Gasteiger partial charge in [-0.1, -0.05) is 49.8 Å². The van der Waals surface area contributed by atoms with E-state index in [4.69, 9.17) is 4.74 Å². The molecule has 208 valence electrons. The van der Waals surface area contributed by atoms with E-state index in [2.05, 4.69) is 76.1 Å². The number of halogens is 2. The van der Waals surface area contributed by atoms with E-state index in [1.165, 1.54) is 11.1 Å². The van der Waals surface area contributed by atoms with Crippen molar-refractivity contribution in [2.24, 2.45) is 0 Å². The molecule has 1 heterocycles. The Morgan fingerprint density at radius 2 is 1.37 bits per heavy atom. The molecular formula is C34H47F2NO. The molecule has 0 spiro atoms. The van der Waals surface area contributed by atoms with Crippen molar-refractivity contribution >= 4 is 0 Å². The molecule has 0 radical (unpaired) electrons. The van der Waals surface area contributed by atoms with Crippen LogP contribution in [0, 0.1) is 11.6 Å². The van der Waals surface area contributed by atoms with Crippen LogP contribution in [-0.2, 0) is 0 Å². The average molecular weight is 524 g/mol. The van der Waals surface area contributed by atoms with Crippen molar-refractivity contribution in [3.63, 3.8) is 0 Å². The van der Waals surface area contributed by atoms with Gasteiger partial charge >= 0.3 is 0 Å². The van der Waals surface area contributed by atoms with E-state index in [0.717, 1.165) is 51.4 Å². The van der Waals surface area contributed by atoms with Crippen molar-refractivity contribution in [1.82, 2.24) is 4.90 Å². The van der Waals surface area contributed by atoms with E-state index in [1.54, 1.807) is 12.1 Å². The Balaban J connectivity index is 1.38. The second-order valence-corrected chi connectivity index (χ2v) is 12.8. The summed E-state index contributed by atoms with van der Waals surface area (Å²) in [4.78, 5) is 2.53. The van der Waals surface area contributed by atoms with Gasteiger partial charge in [-0.25, -0.2) is 4.39 Å². The number of rotatable bonds is 8. The van der Waals surface area contributed by atoms with Crippen LogP contribution in [0.5, 0.6) is 5.75 Å². The van der Waals surface area contributed by atoms with Crippen molar-refractivity contribution < 1.29 is 13.5 Å². The molecule has 2 aromatic carbocycles. The van der Waals surface area contributed by atoms with Crippen LogP contribution in [0.1, 0.15) is 127 Å². The summed E-state index contributed by atoms with van der Waals surface area (Å²) in [5, 5.41) is 0. The highest BCUT2D eigenvalue weighted by atomic mass is 19.2. The summed E-state index contributed by atoms with van der Waals surface area (Å²) in [5.74, 6) is -0.436. The first-order valence-corrected chi connectivity index (χ1v) is 14.7. The van der Waals surface area contributed by atoms with E-state index < -0.39 is 11.6 Å². The predicted octanol–water partition coefficient (Wildman–Crippen LogP) is 9.86. The maximum Gasteiger partial charge on any atom is 0.200 e. The van der Waals surface area contributed by atoms with E-state index in [1.807, 2.05) is 6.92 Å². The molecule has 4 rings (SSSR count). The second-order valence-electron chi connectivity index (χ2n) is 12.8. The molecule has 0 atom stereocenters. The molecule has 38 heavy (non-hydrogen) atoms. The molecule has 2 fully saturated rings. The maximum absolute atomic E-state index is 14.9. The van der Waals surface area contributed by atoms with Crippen molar-refractivity contribution in [3.8, 4) is 5.75 Å². The zero-order valence-corrected chi connectivity index (χ0v) is 24.3. The highest BCUT2D eigenvalue weighted by molar-refractivity contribution is 5.34. The van der Waals surface area contributed by atoms with Crippen LogP contribution < -0.4 is 4.74 Å². The minimum absolute atomic E-state index is 0.0350. The zero-order chi connectivity index (χ0) is 27.5. The molecule has 2 aromatic rings. The van der Waals surface area contributed by atoms with Crippen LogP contribution in [0.4, 0.5) is 8.78 Å². The molecule has 0 amide bonds. The molecule has 4 heteroatoms. The standard InChI is InChI=1S/C34H47F2NO/c1-7-9-21-38-30-19-18-29(31(35)32(30)36)27-16-14-25(15-17-27)24-10-12-26(13-11-24)28-22-33(3,4)37(20-8-2)34(5,6)23-28/h8,10-13,18-20,25,27-28H,7,9,14-17,21-23H2,1-6H3/b20-8+. The zero-order valence-electron chi connectivity index (χ0n) is 24.3. The van der Waals surface area contributed by atoms with Crippen LogP contribution >= 0.6 is 0 Å². The highest BCUT2D eigenvalue weighted by Gasteiger charge is 2.43. The fraction of sp³-hybridized carbons (Fsp3) is 0.588. The Bertz CT molecular complexity index is 1080. The smallest absolute Gasteiger partial charge is 0.200 e. The molecule has 0 aromatic heterocycles. The fourth-order valence-corrected chi connectivity index (χ4v) is 7.16. The number of benzene rings is 2. The Kier molecular flexibility index (Phi) is 8.89. The number of nitrogens with zero attached hydrogens (tertiary/aromatic N) is 1. The molecule has 2 nitrogen and oxygen atoms in total. The van der Waals surface area contributed by atoms with Gasteiger partial charge in [0.25, 0.3) is 0 Å². The van der Waals surface area contributed by atoms with E-state index in [-0.39, 0.29) is 22.7 Å². The van der Waals surface area contributed by atoms with Gasteiger partial charge in [-0.15, -0.1) is 0 Å². The predicted molar refractivity (Wildman–Crippen MR) is 154 cm³/mol. The van der Waals surface area contributed by atoms with Crippen molar-refractivity contribution in [2.75, 3.05) is 6.61 Å². The number of hydrogen-bond acceptors (Lipinski definition) is 2. The third-order valence-electron chi connectivity index (χ3n) is 8.97. The van der Waals surface area contributed by atoms with Crippen molar-refractivity contribution in [2.45, 2.75) is 122 Å². The number of hydrogen-bond donors (Lipinski definition) is 0. The lowest BCUT2D eigenvalue weighted by molar-refractivity contribution is 0.00727. The van der Waals surface area contributed by atoms with Crippen molar-refractivity contribution in [1.29, 1.82) is 0 Å². The Labute approximate surface area is 229 Å². The van der Waals surface area contributed by atoms with Gasteiger partial charge < -0.3 is 9.64 Å². The lowest BCUT2D eigenvalue weighted by Gasteiger charge is -2.55. The number of ether oxygens (including phenoxy) is 1. The molecule has 1 saturated heterocycles. The lowest BCUT2D eigenvalue weighted by atomic mass is 9.71. The Morgan fingerprint density at radius 3 is 1.92 bits per heavy atom. The fourth-order valence-electron chi connectivity index (χ4n) is 7.16. The first-order valence-electron chi connectivity index (χ1n) is 14.7. The van der Waals surface area contributed by atoms with Gasteiger partial charge in [-0.3, -0.25) is 0 Å². The van der Waals surface area contributed by atoms with Gasteiger partial charge in [0.15, 0.2) is 11.6 Å². The summed E-state index contributed by atoms with van der Waals surface area (Å²) in [6, 6.07) is 12.7. The van der Waals surface area contributed by atoms with Crippen LogP contribution in [0.3, 0.4) is 0 Å². The number of piperidine rings is 1. The molecule has 0 bridgehead atoms. The molecule has 0 N–H and O–H groups in total. The van der Waals surface area contributed by atoms with Crippen LogP contribution in [-0.4, -0.2) is 22.6 Å². The Hall–Kier alpha value is -2.36. The van der Waals surface area contributed by atoms with Gasteiger partial charge in [-0.05, 0) is 126 Å². The summed E-state index contributed by atoms with van der Waals surface area (Å²) in [6.45, 7) is 14.0. The highest BCUT2D eigenvalue weighted by Crippen LogP contribution is 2.47. The molecule has 1 aliphatic heterocycles. The largest absolute Gasteiger partial charge is 0.490 e. The minimum atomic E-state index is -0.834. The molecule has 2 aliphatic rings. The van der Waals surface area contributed by atoms with Crippen LogP contribution in [0.2, 0.25) is 0 Å². The normalized spacial score (nSPS) is 23.6. The molecular weight excluding hydrogens is 476 g/mol. The molecule has 0 unspecified atom stereocenters. The second kappa shape index (κ2) is 11.8. The monoisotopic (exact) mass is 523 g/mol. The maximum atomic E-state index is 14.9.